The molecule has 0 aliphatic carbocycles. The van der Waals surface area contributed by atoms with Crippen molar-refractivity contribution in [2.45, 2.75) is 12.8 Å². The van der Waals surface area contributed by atoms with Crippen LogP contribution < -0.4 is 20.1 Å². The lowest BCUT2D eigenvalue weighted by Crippen LogP contribution is -2.30. The first-order valence-electron chi connectivity index (χ1n) is 7.39. The van der Waals surface area contributed by atoms with Gasteiger partial charge in [-0.3, -0.25) is 0 Å². The summed E-state index contributed by atoms with van der Waals surface area (Å²) in [5, 5.41) is 5.20. The number of nitrogens with one attached hydrogen (secondary N) is 2. The van der Waals surface area contributed by atoms with Crippen molar-refractivity contribution in [2.75, 3.05) is 19.0 Å². The van der Waals surface area contributed by atoms with E-state index in [9.17, 15) is 18.0 Å². The molecule has 2 rings (SSSR count). The molecule has 0 spiro atoms. The second-order valence-corrected chi connectivity index (χ2v) is 5.05. The van der Waals surface area contributed by atoms with E-state index in [0.717, 1.165) is 23.4 Å². The number of carbonyl (C=O) groups is 1. The predicted molar refractivity (Wildman–Crippen MR) is 86.8 cm³/mol. The highest BCUT2D eigenvalue weighted by atomic mass is 19.4. The van der Waals surface area contributed by atoms with Gasteiger partial charge < -0.3 is 20.1 Å². The number of ether oxygens (including phenoxy) is 2. The van der Waals surface area contributed by atoms with Crippen LogP contribution in [0.25, 0.3) is 0 Å². The largest absolute Gasteiger partial charge is 0.573 e. The molecule has 134 valence electrons. The molecule has 0 heterocycles. The van der Waals surface area contributed by atoms with E-state index in [-0.39, 0.29) is 5.75 Å². The molecule has 0 atom stereocenters. The van der Waals surface area contributed by atoms with Crippen LogP contribution in [0.1, 0.15) is 5.56 Å². The molecule has 0 radical (unpaired) electrons. The quantitative estimate of drug-likeness (QED) is 0.826. The highest BCUT2D eigenvalue weighted by Gasteiger charge is 2.30. The maximum absolute atomic E-state index is 12.1. The van der Waals surface area contributed by atoms with Gasteiger partial charge in [-0.15, -0.1) is 13.2 Å². The zero-order valence-corrected chi connectivity index (χ0v) is 13.4. The number of hydrogen-bond donors (Lipinski definition) is 2. The number of alkyl halides is 3. The molecular weight excluding hydrogens is 337 g/mol. The van der Waals surface area contributed by atoms with Crippen molar-refractivity contribution >= 4 is 11.7 Å². The predicted octanol–water partition coefficient (Wildman–Crippen LogP) is 3.96. The average molecular weight is 354 g/mol. The highest BCUT2D eigenvalue weighted by Crippen LogP contribution is 2.23. The van der Waals surface area contributed by atoms with E-state index < -0.39 is 12.4 Å². The van der Waals surface area contributed by atoms with Gasteiger partial charge in [0, 0.05) is 12.2 Å². The third-order valence-electron chi connectivity index (χ3n) is 3.18. The maximum atomic E-state index is 12.1. The van der Waals surface area contributed by atoms with Gasteiger partial charge in [-0.1, -0.05) is 12.1 Å². The molecule has 0 aliphatic heterocycles. The minimum Gasteiger partial charge on any atom is -0.497 e. The van der Waals surface area contributed by atoms with Crippen molar-refractivity contribution in [3.63, 3.8) is 0 Å². The van der Waals surface area contributed by atoms with Crippen LogP contribution in [-0.4, -0.2) is 26.0 Å². The third-order valence-corrected chi connectivity index (χ3v) is 3.18. The van der Waals surface area contributed by atoms with Crippen LogP contribution in [0.4, 0.5) is 23.7 Å². The Hall–Kier alpha value is -2.90. The summed E-state index contributed by atoms with van der Waals surface area (Å²) in [4.78, 5) is 11.8. The van der Waals surface area contributed by atoms with Crippen LogP contribution in [0.15, 0.2) is 48.5 Å². The summed E-state index contributed by atoms with van der Waals surface area (Å²) in [6.45, 7) is 0.397. The van der Waals surface area contributed by atoms with Gasteiger partial charge in [-0.25, -0.2) is 4.79 Å². The van der Waals surface area contributed by atoms with E-state index >= 15 is 0 Å². The molecule has 0 fully saturated rings. The van der Waals surface area contributed by atoms with Gasteiger partial charge in [-0.2, -0.15) is 0 Å². The first-order chi connectivity index (χ1) is 11.9. The number of methoxy groups -OCH3 is 1. The Balaban J connectivity index is 1.78. The standard InChI is InChI=1S/C17H17F3N2O3/c1-24-15-4-2-3-12(11-15)9-10-21-16(23)22-13-5-7-14(8-6-13)25-17(18,19)20/h2-8,11H,9-10H2,1H3,(H2,21,22,23). The van der Waals surface area contributed by atoms with Crippen molar-refractivity contribution in [3.05, 3.63) is 54.1 Å². The molecule has 2 N–H and O–H groups in total. The van der Waals surface area contributed by atoms with Gasteiger partial charge in [0.05, 0.1) is 7.11 Å². The molecule has 0 aromatic heterocycles. The van der Waals surface area contributed by atoms with Gasteiger partial charge in [0.1, 0.15) is 11.5 Å². The summed E-state index contributed by atoms with van der Waals surface area (Å²) in [5.74, 6) is 0.389. The molecule has 25 heavy (non-hydrogen) atoms. The molecule has 2 aromatic rings. The van der Waals surface area contributed by atoms with E-state index in [0.29, 0.717) is 18.7 Å². The number of anilines is 1. The Labute approximate surface area is 142 Å². The Morgan fingerprint density at radius 3 is 2.44 bits per heavy atom. The fourth-order valence-corrected chi connectivity index (χ4v) is 2.06. The van der Waals surface area contributed by atoms with E-state index in [1.165, 1.54) is 12.1 Å². The van der Waals surface area contributed by atoms with Gasteiger partial charge in [0.25, 0.3) is 0 Å². The lowest BCUT2D eigenvalue weighted by molar-refractivity contribution is -0.274. The number of halogens is 3. The molecule has 0 saturated heterocycles. The Bertz CT molecular complexity index is 703. The van der Waals surface area contributed by atoms with Crippen molar-refractivity contribution in [3.8, 4) is 11.5 Å². The fourth-order valence-electron chi connectivity index (χ4n) is 2.06. The van der Waals surface area contributed by atoms with Crippen LogP contribution in [0.2, 0.25) is 0 Å². The topological polar surface area (TPSA) is 59.6 Å². The van der Waals surface area contributed by atoms with Crippen molar-refractivity contribution in [1.82, 2.24) is 5.32 Å². The Kier molecular flexibility index (Phi) is 6.10. The fraction of sp³-hybridized carbons (Fsp3) is 0.235. The number of amides is 2. The highest BCUT2D eigenvalue weighted by molar-refractivity contribution is 5.89. The van der Waals surface area contributed by atoms with Crippen LogP contribution >= 0.6 is 0 Å². The monoisotopic (exact) mass is 354 g/mol. The molecule has 0 saturated carbocycles. The molecule has 5 nitrogen and oxygen atoms in total. The summed E-state index contributed by atoms with van der Waals surface area (Å²) >= 11 is 0. The molecule has 0 unspecified atom stereocenters. The van der Waals surface area contributed by atoms with E-state index in [4.69, 9.17) is 4.74 Å². The summed E-state index contributed by atoms with van der Waals surface area (Å²) in [6.07, 6.45) is -4.13. The summed E-state index contributed by atoms with van der Waals surface area (Å²) in [7, 11) is 1.58. The van der Waals surface area contributed by atoms with Gasteiger partial charge in [0.2, 0.25) is 0 Å². The lowest BCUT2D eigenvalue weighted by Gasteiger charge is -2.10. The number of benzene rings is 2. The van der Waals surface area contributed by atoms with E-state index in [2.05, 4.69) is 15.4 Å². The van der Waals surface area contributed by atoms with E-state index in [1.54, 1.807) is 7.11 Å². The SMILES string of the molecule is COc1cccc(CCNC(=O)Nc2ccc(OC(F)(F)F)cc2)c1. The average Bonchev–Trinajstić information content (AvgIpc) is 2.55. The zero-order chi connectivity index (χ0) is 18.3. The molecule has 2 aromatic carbocycles. The van der Waals surface area contributed by atoms with Gasteiger partial charge >= 0.3 is 12.4 Å². The third kappa shape index (κ3) is 6.62. The van der Waals surface area contributed by atoms with Gasteiger partial charge in [-0.05, 0) is 48.4 Å². The summed E-state index contributed by atoms with van der Waals surface area (Å²) < 4.78 is 45.1. The normalized spacial score (nSPS) is 10.9. The first-order valence-corrected chi connectivity index (χ1v) is 7.39. The summed E-state index contributed by atoms with van der Waals surface area (Å²) in [6, 6.07) is 11.9. The van der Waals surface area contributed by atoms with Crippen LogP contribution in [0.5, 0.6) is 11.5 Å². The lowest BCUT2D eigenvalue weighted by atomic mass is 10.1. The first kappa shape index (κ1) is 18.4. The molecular formula is C17H17F3N2O3. The van der Waals surface area contributed by atoms with Crippen molar-refractivity contribution < 1.29 is 27.4 Å². The van der Waals surface area contributed by atoms with Crippen LogP contribution in [-0.2, 0) is 6.42 Å². The second-order valence-electron chi connectivity index (χ2n) is 5.05. The minimum absolute atomic E-state index is 0.350. The summed E-state index contributed by atoms with van der Waals surface area (Å²) in [5.41, 5.74) is 1.36. The van der Waals surface area contributed by atoms with Crippen molar-refractivity contribution in [1.29, 1.82) is 0 Å². The zero-order valence-electron chi connectivity index (χ0n) is 13.4. The number of rotatable bonds is 6. The van der Waals surface area contributed by atoms with Crippen molar-refractivity contribution in [2.24, 2.45) is 0 Å². The Morgan fingerprint density at radius 2 is 1.80 bits per heavy atom. The number of urea groups is 1. The minimum atomic E-state index is -4.74. The van der Waals surface area contributed by atoms with E-state index in [1.807, 2.05) is 24.3 Å². The van der Waals surface area contributed by atoms with Gasteiger partial charge in [0.15, 0.2) is 0 Å². The number of hydrogen-bond acceptors (Lipinski definition) is 3. The second kappa shape index (κ2) is 8.27. The number of carbonyl (C=O) groups excluding carboxylic acids is 1. The molecule has 0 bridgehead atoms. The molecule has 2 amide bonds. The van der Waals surface area contributed by atoms with Crippen LogP contribution in [0.3, 0.4) is 0 Å². The Morgan fingerprint density at radius 1 is 1.08 bits per heavy atom. The molecule has 0 aliphatic rings. The molecule has 8 heteroatoms. The maximum Gasteiger partial charge on any atom is 0.573 e. The smallest absolute Gasteiger partial charge is 0.497 e. The van der Waals surface area contributed by atoms with Crippen LogP contribution in [0, 0.1) is 0 Å².